The van der Waals surface area contributed by atoms with Crippen LogP contribution in [0.5, 0.6) is 11.5 Å². The lowest BCUT2D eigenvalue weighted by Crippen LogP contribution is -2.21. The van der Waals surface area contributed by atoms with Gasteiger partial charge < -0.3 is 20.1 Å². The molecule has 3 aromatic carbocycles. The molecule has 0 aliphatic carbocycles. The Kier molecular flexibility index (Phi) is 9.37. The number of nitrogens with one attached hydrogen (secondary N) is 2. The zero-order valence-corrected chi connectivity index (χ0v) is 22.7. The zero-order valence-electron chi connectivity index (χ0n) is 21.1. The molecule has 0 aliphatic heterocycles. The number of anilines is 2. The summed E-state index contributed by atoms with van der Waals surface area (Å²) in [5.74, 6) is -0.851. The second-order valence-corrected chi connectivity index (χ2v) is 9.25. The highest BCUT2D eigenvalue weighted by atomic mass is 79.9. The third-order valence-corrected chi connectivity index (χ3v) is 5.97. The van der Waals surface area contributed by atoms with E-state index in [-0.39, 0.29) is 29.4 Å². The van der Waals surface area contributed by atoms with E-state index in [1.54, 1.807) is 12.1 Å². The van der Waals surface area contributed by atoms with Crippen molar-refractivity contribution in [2.75, 3.05) is 24.4 Å². The number of nitrogens with zero attached hydrogens (tertiary/aromatic N) is 1. The van der Waals surface area contributed by atoms with Crippen LogP contribution in [0.1, 0.15) is 22.3 Å². The fraction of sp³-hybridized carbons (Fsp3) is 0.179. The average Bonchev–Trinajstić information content (AvgIpc) is 2.87. The van der Waals surface area contributed by atoms with Crippen LogP contribution in [0, 0.1) is 25.2 Å². The maximum Gasteiger partial charge on any atom is 0.416 e. The van der Waals surface area contributed by atoms with Crippen molar-refractivity contribution < 1.29 is 32.2 Å². The van der Waals surface area contributed by atoms with Crippen molar-refractivity contribution in [1.29, 1.82) is 5.26 Å². The van der Waals surface area contributed by atoms with Gasteiger partial charge in [0.05, 0.1) is 17.1 Å². The molecule has 0 saturated heterocycles. The van der Waals surface area contributed by atoms with Crippen LogP contribution in [0.25, 0.3) is 6.08 Å². The van der Waals surface area contributed by atoms with E-state index in [1.165, 1.54) is 31.4 Å². The Morgan fingerprint density at radius 1 is 1.08 bits per heavy atom. The molecular weight excluding hydrogens is 579 g/mol. The minimum atomic E-state index is -4.58. The number of nitriles is 1. The van der Waals surface area contributed by atoms with Gasteiger partial charge in [0.1, 0.15) is 11.6 Å². The summed E-state index contributed by atoms with van der Waals surface area (Å²) in [5, 5.41) is 14.6. The Morgan fingerprint density at radius 3 is 2.46 bits per heavy atom. The van der Waals surface area contributed by atoms with Crippen LogP contribution in [0.15, 0.2) is 64.6 Å². The highest BCUT2D eigenvalue weighted by Crippen LogP contribution is 2.37. The number of ether oxygens (including phenoxy) is 2. The Bertz CT molecular complexity index is 1480. The average molecular weight is 602 g/mol. The van der Waals surface area contributed by atoms with Gasteiger partial charge in [0.2, 0.25) is 0 Å². The molecule has 0 aliphatic rings. The second-order valence-electron chi connectivity index (χ2n) is 8.39. The smallest absolute Gasteiger partial charge is 0.416 e. The van der Waals surface area contributed by atoms with Crippen LogP contribution in [0.3, 0.4) is 0 Å². The van der Waals surface area contributed by atoms with Gasteiger partial charge in [-0.15, -0.1) is 0 Å². The van der Waals surface area contributed by atoms with E-state index in [0.29, 0.717) is 15.7 Å². The van der Waals surface area contributed by atoms with Crippen LogP contribution >= 0.6 is 15.9 Å². The van der Waals surface area contributed by atoms with Gasteiger partial charge in [-0.1, -0.05) is 23.8 Å². The minimum Gasteiger partial charge on any atom is -0.493 e. The van der Waals surface area contributed by atoms with Crippen LogP contribution < -0.4 is 20.1 Å². The van der Waals surface area contributed by atoms with Gasteiger partial charge in [0.15, 0.2) is 18.1 Å². The van der Waals surface area contributed by atoms with Gasteiger partial charge in [-0.2, -0.15) is 18.4 Å². The van der Waals surface area contributed by atoms with Crippen molar-refractivity contribution >= 4 is 45.2 Å². The topological polar surface area (TPSA) is 100 Å². The van der Waals surface area contributed by atoms with Crippen LogP contribution in [0.4, 0.5) is 24.5 Å². The molecule has 2 N–H and O–H groups in total. The first kappa shape index (κ1) is 29.3. The first-order valence-corrected chi connectivity index (χ1v) is 12.2. The number of halogens is 4. The molecule has 39 heavy (non-hydrogen) atoms. The molecule has 0 radical (unpaired) electrons. The largest absolute Gasteiger partial charge is 0.493 e. The van der Waals surface area contributed by atoms with Gasteiger partial charge in [-0.25, -0.2) is 0 Å². The Balaban J connectivity index is 1.75. The summed E-state index contributed by atoms with van der Waals surface area (Å²) in [6, 6.07) is 14.5. The molecule has 3 rings (SSSR count). The summed E-state index contributed by atoms with van der Waals surface area (Å²) < 4.78 is 50.3. The first-order chi connectivity index (χ1) is 18.4. The number of alkyl halides is 3. The summed E-state index contributed by atoms with van der Waals surface area (Å²) >= 11 is 3.35. The van der Waals surface area contributed by atoms with Gasteiger partial charge in [0, 0.05) is 11.4 Å². The fourth-order valence-corrected chi connectivity index (χ4v) is 4.10. The van der Waals surface area contributed by atoms with E-state index < -0.39 is 23.6 Å². The zero-order chi connectivity index (χ0) is 28.7. The number of carbonyl (C=O) groups is 2. The molecule has 0 fully saturated rings. The normalized spacial score (nSPS) is 11.4. The molecule has 0 saturated carbocycles. The van der Waals surface area contributed by atoms with Crippen molar-refractivity contribution in [3.63, 3.8) is 0 Å². The van der Waals surface area contributed by atoms with E-state index in [9.17, 15) is 28.0 Å². The van der Waals surface area contributed by atoms with Crippen molar-refractivity contribution in [2.45, 2.75) is 20.0 Å². The summed E-state index contributed by atoms with van der Waals surface area (Å²) in [4.78, 5) is 25.0. The van der Waals surface area contributed by atoms with Crippen molar-refractivity contribution in [3.8, 4) is 17.6 Å². The van der Waals surface area contributed by atoms with E-state index in [4.69, 9.17) is 9.47 Å². The molecule has 0 heterocycles. The van der Waals surface area contributed by atoms with E-state index in [1.807, 2.05) is 26.0 Å². The molecule has 0 bridgehead atoms. The van der Waals surface area contributed by atoms with Crippen molar-refractivity contribution in [1.82, 2.24) is 0 Å². The van der Waals surface area contributed by atoms with Gasteiger partial charge in [-0.3, -0.25) is 9.59 Å². The number of amides is 2. The predicted molar refractivity (Wildman–Crippen MR) is 144 cm³/mol. The number of rotatable bonds is 8. The quantitative estimate of drug-likeness (QED) is 0.222. The van der Waals surface area contributed by atoms with Crippen molar-refractivity contribution in [3.05, 3.63) is 86.9 Å². The predicted octanol–water partition coefficient (Wildman–Crippen LogP) is 6.66. The number of benzene rings is 3. The molecule has 0 aromatic heterocycles. The minimum absolute atomic E-state index is 0.113. The van der Waals surface area contributed by atoms with E-state index in [0.717, 1.165) is 29.3 Å². The van der Waals surface area contributed by atoms with Gasteiger partial charge >= 0.3 is 6.18 Å². The lowest BCUT2D eigenvalue weighted by atomic mass is 10.1. The molecule has 2 amide bonds. The van der Waals surface area contributed by atoms with Crippen LogP contribution in [0.2, 0.25) is 0 Å². The molecule has 0 atom stereocenters. The van der Waals surface area contributed by atoms with Gasteiger partial charge in [0.25, 0.3) is 11.8 Å². The Morgan fingerprint density at radius 2 is 1.82 bits per heavy atom. The molecule has 11 heteroatoms. The Hall–Kier alpha value is -4.30. The maximum atomic E-state index is 13.0. The number of carbonyl (C=O) groups excluding carboxylic acids is 2. The Labute approximate surface area is 231 Å². The SMILES string of the molecule is COc1cc(/C=C(\C#N)C(=O)Nc2cccc(C(F)(F)F)c2)cc(Br)c1OCC(=O)Nc1ccc(C)cc1C. The fourth-order valence-electron chi connectivity index (χ4n) is 3.53. The lowest BCUT2D eigenvalue weighted by molar-refractivity contribution is -0.137. The van der Waals surface area contributed by atoms with E-state index in [2.05, 4.69) is 26.6 Å². The molecule has 7 nitrogen and oxygen atoms in total. The summed E-state index contributed by atoms with van der Waals surface area (Å²) in [5.41, 5.74) is 1.59. The van der Waals surface area contributed by atoms with Gasteiger partial charge in [-0.05, 0) is 83.4 Å². The molecule has 0 spiro atoms. The standard InChI is InChI=1S/C28H23BrF3N3O4/c1-16-7-8-23(17(2)9-16)35-25(36)15-39-26-22(29)11-18(12-24(26)38-3)10-19(14-33)27(37)34-21-6-4-5-20(13-21)28(30,31)32/h4-13H,15H2,1-3H3,(H,34,37)(H,35,36)/b19-10+. The molecule has 0 unspecified atom stereocenters. The van der Waals surface area contributed by atoms with Crippen LogP contribution in [-0.2, 0) is 15.8 Å². The highest BCUT2D eigenvalue weighted by molar-refractivity contribution is 9.10. The molecular formula is C28H23BrF3N3O4. The van der Waals surface area contributed by atoms with Crippen LogP contribution in [-0.4, -0.2) is 25.5 Å². The summed E-state index contributed by atoms with van der Waals surface area (Å²) in [6.07, 6.45) is -3.34. The maximum absolute atomic E-state index is 13.0. The second kappa shape index (κ2) is 12.5. The number of hydrogen-bond acceptors (Lipinski definition) is 5. The third-order valence-electron chi connectivity index (χ3n) is 5.38. The monoisotopic (exact) mass is 601 g/mol. The van der Waals surface area contributed by atoms with E-state index >= 15 is 0 Å². The first-order valence-electron chi connectivity index (χ1n) is 11.4. The van der Waals surface area contributed by atoms with Crippen molar-refractivity contribution in [2.24, 2.45) is 0 Å². The number of aryl methyl sites for hydroxylation is 2. The molecule has 3 aromatic rings. The number of hydrogen-bond donors (Lipinski definition) is 2. The summed E-state index contributed by atoms with van der Waals surface area (Å²) in [7, 11) is 1.38. The number of methoxy groups -OCH3 is 1. The molecule has 202 valence electrons. The summed E-state index contributed by atoms with van der Waals surface area (Å²) in [6.45, 7) is 3.51. The lowest BCUT2D eigenvalue weighted by Gasteiger charge is -2.14. The third kappa shape index (κ3) is 7.85. The highest BCUT2D eigenvalue weighted by Gasteiger charge is 2.30.